The molecule has 3 heteroatoms. The lowest BCUT2D eigenvalue weighted by molar-refractivity contribution is 0.314. The van der Waals surface area contributed by atoms with Crippen LogP contribution in [0.15, 0.2) is 5.16 Å². The SMILES string of the molecule is N#CC(=NO)C1CCCCCC1. The Morgan fingerprint density at radius 1 is 1.25 bits per heavy atom. The lowest BCUT2D eigenvalue weighted by atomic mass is 9.96. The summed E-state index contributed by atoms with van der Waals surface area (Å²) in [6.45, 7) is 0. The lowest BCUT2D eigenvalue weighted by Crippen LogP contribution is -2.11. The van der Waals surface area contributed by atoms with Gasteiger partial charge in [0, 0.05) is 5.92 Å². The van der Waals surface area contributed by atoms with E-state index in [1.807, 2.05) is 6.07 Å². The minimum atomic E-state index is 0.211. The van der Waals surface area contributed by atoms with E-state index < -0.39 is 0 Å². The monoisotopic (exact) mass is 166 g/mol. The number of rotatable bonds is 1. The summed E-state index contributed by atoms with van der Waals surface area (Å²) >= 11 is 0. The number of oxime groups is 1. The first-order valence-electron chi connectivity index (χ1n) is 4.50. The molecule has 0 heterocycles. The first kappa shape index (κ1) is 9.05. The Balaban J connectivity index is 2.54. The molecule has 0 unspecified atom stereocenters. The average Bonchev–Trinajstić information content (AvgIpc) is 2.35. The highest BCUT2D eigenvalue weighted by atomic mass is 16.4. The van der Waals surface area contributed by atoms with Crippen molar-refractivity contribution in [1.29, 1.82) is 5.26 Å². The molecule has 1 N–H and O–H groups in total. The van der Waals surface area contributed by atoms with Gasteiger partial charge in [-0.05, 0) is 12.8 Å². The Bertz CT molecular complexity index is 197. The molecule has 0 saturated heterocycles. The summed E-state index contributed by atoms with van der Waals surface area (Å²) in [7, 11) is 0. The van der Waals surface area contributed by atoms with Gasteiger partial charge in [-0.2, -0.15) is 5.26 Å². The first-order valence-corrected chi connectivity index (χ1v) is 4.50. The van der Waals surface area contributed by atoms with Crippen molar-refractivity contribution in [3.05, 3.63) is 0 Å². The maximum Gasteiger partial charge on any atom is 0.159 e. The van der Waals surface area contributed by atoms with Crippen molar-refractivity contribution in [3.8, 4) is 6.07 Å². The Labute approximate surface area is 72.7 Å². The van der Waals surface area contributed by atoms with Gasteiger partial charge in [0.2, 0.25) is 0 Å². The topological polar surface area (TPSA) is 56.4 Å². The molecule has 0 bridgehead atoms. The Morgan fingerprint density at radius 2 is 1.83 bits per heavy atom. The van der Waals surface area contributed by atoms with Gasteiger partial charge in [-0.3, -0.25) is 0 Å². The second-order valence-corrected chi connectivity index (χ2v) is 3.29. The molecule has 12 heavy (non-hydrogen) atoms. The zero-order chi connectivity index (χ0) is 8.81. The number of hydrogen-bond acceptors (Lipinski definition) is 3. The van der Waals surface area contributed by atoms with Crippen molar-refractivity contribution in [3.63, 3.8) is 0 Å². The van der Waals surface area contributed by atoms with Crippen molar-refractivity contribution >= 4 is 5.71 Å². The largest absolute Gasteiger partial charge is 0.410 e. The zero-order valence-corrected chi connectivity index (χ0v) is 7.16. The average molecular weight is 166 g/mol. The fraction of sp³-hybridized carbons (Fsp3) is 0.778. The fourth-order valence-corrected chi connectivity index (χ4v) is 1.75. The van der Waals surface area contributed by atoms with Gasteiger partial charge < -0.3 is 5.21 Å². The predicted octanol–water partition coefficient (Wildman–Crippen LogP) is 2.31. The van der Waals surface area contributed by atoms with Crippen LogP contribution in [0.5, 0.6) is 0 Å². The van der Waals surface area contributed by atoms with Crippen molar-refractivity contribution in [2.24, 2.45) is 11.1 Å². The van der Waals surface area contributed by atoms with E-state index in [9.17, 15) is 0 Å². The van der Waals surface area contributed by atoms with Crippen molar-refractivity contribution in [2.45, 2.75) is 38.5 Å². The molecular weight excluding hydrogens is 152 g/mol. The summed E-state index contributed by atoms with van der Waals surface area (Å²) in [6, 6.07) is 1.95. The molecule has 0 aromatic heterocycles. The molecule has 0 amide bonds. The molecule has 0 spiro atoms. The third kappa shape index (κ3) is 2.23. The highest BCUT2D eigenvalue weighted by Gasteiger charge is 2.18. The molecule has 0 aliphatic heterocycles. The molecule has 66 valence electrons. The molecule has 1 aliphatic rings. The van der Waals surface area contributed by atoms with E-state index in [2.05, 4.69) is 5.16 Å². The number of nitriles is 1. The standard InChI is InChI=1S/C9H14N2O/c10-7-9(11-12)8-5-3-1-2-4-6-8/h8,12H,1-6H2. The summed E-state index contributed by atoms with van der Waals surface area (Å²) in [5.74, 6) is 0.211. The minimum Gasteiger partial charge on any atom is -0.410 e. The number of hydrogen-bond donors (Lipinski definition) is 1. The fourth-order valence-electron chi connectivity index (χ4n) is 1.75. The van der Waals surface area contributed by atoms with Crippen LogP contribution in [0.4, 0.5) is 0 Å². The molecule has 0 aromatic rings. The van der Waals surface area contributed by atoms with Crippen molar-refractivity contribution in [2.75, 3.05) is 0 Å². The molecular formula is C9H14N2O. The van der Waals surface area contributed by atoms with Crippen LogP contribution in [0.3, 0.4) is 0 Å². The van der Waals surface area contributed by atoms with E-state index in [1.54, 1.807) is 0 Å². The second kappa shape index (κ2) is 4.76. The van der Waals surface area contributed by atoms with Gasteiger partial charge in [0.25, 0.3) is 0 Å². The van der Waals surface area contributed by atoms with E-state index in [-0.39, 0.29) is 5.92 Å². The van der Waals surface area contributed by atoms with E-state index in [1.165, 1.54) is 12.8 Å². The summed E-state index contributed by atoms with van der Waals surface area (Å²) in [6.07, 6.45) is 6.83. The van der Waals surface area contributed by atoms with Crippen molar-refractivity contribution in [1.82, 2.24) is 0 Å². The molecule has 1 rings (SSSR count). The second-order valence-electron chi connectivity index (χ2n) is 3.29. The maximum absolute atomic E-state index is 8.63. The summed E-state index contributed by atoms with van der Waals surface area (Å²) < 4.78 is 0. The third-order valence-electron chi connectivity index (χ3n) is 2.46. The minimum absolute atomic E-state index is 0.211. The first-order chi connectivity index (χ1) is 5.88. The zero-order valence-electron chi connectivity index (χ0n) is 7.16. The van der Waals surface area contributed by atoms with Crippen LogP contribution in [0, 0.1) is 17.2 Å². The maximum atomic E-state index is 8.63. The van der Waals surface area contributed by atoms with Crippen LogP contribution < -0.4 is 0 Å². The normalized spacial score (nSPS) is 21.4. The lowest BCUT2D eigenvalue weighted by Gasteiger charge is -2.08. The van der Waals surface area contributed by atoms with E-state index >= 15 is 0 Å². The molecule has 3 nitrogen and oxygen atoms in total. The van der Waals surface area contributed by atoms with Gasteiger partial charge in [-0.1, -0.05) is 30.8 Å². The Kier molecular flexibility index (Phi) is 3.59. The predicted molar refractivity (Wildman–Crippen MR) is 46.0 cm³/mol. The quantitative estimate of drug-likeness (QED) is 0.281. The molecule has 1 aliphatic carbocycles. The van der Waals surface area contributed by atoms with Crippen LogP contribution in [0.25, 0.3) is 0 Å². The molecule has 0 radical (unpaired) electrons. The van der Waals surface area contributed by atoms with Gasteiger partial charge in [0.1, 0.15) is 6.07 Å². The van der Waals surface area contributed by atoms with Gasteiger partial charge in [-0.15, -0.1) is 0 Å². The Hall–Kier alpha value is -1.04. The van der Waals surface area contributed by atoms with Gasteiger partial charge in [0.15, 0.2) is 5.71 Å². The molecule has 0 aromatic carbocycles. The highest BCUT2D eigenvalue weighted by molar-refractivity contribution is 5.99. The van der Waals surface area contributed by atoms with Gasteiger partial charge >= 0.3 is 0 Å². The summed E-state index contributed by atoms with van der Waals surface area (Å²) in [5, 5.41) is 20.2. The molecule has 1 saturated carbocycles. The van der Waals surface area contributed by atoms with Gasteiger partial charge in [0.05, 0.1) is 0 Å². The molecule has 1 fully saturated rings. The van der Waals surface area contributed by atoms with E-state index in [0.29, 0.717) is 5.71 Å². The van der Waals surface area contributed by atoms with Crippen LogP contribution >= 0.6 is 0 Å². The van der Waals surface area contributed by atoms with Crippen LogP contribution in [-0.4, -0.2) is 10.9 Å². The third-order valence-corrected chi connectivity index (χ3v) is 2.46. The highest BCUT2D eigenvalue weighted by Crippen LogP contribution is 2.23. The summed E-state index contributed by atoms with van der Waals surface area (Å²) in [5.41, 5.74) is 0.317. The van der Waals surface area contributed by atoms with Crippen LogP contribution in [0.1, 0.15) is 38.5 Å². The molecule has 0 atom stereocenters. The van der Waals surface area contributed by atoms with Crippen molar-refractivity contribution < 1.29 is 5.21 Å². The van der Waals surface area contributed by atoms with Crippen LogP contribution in [-0.2, 0) is 0 Å². The van der Waals surface area contributed by atoms with Crippen LogP contribution in [0.2, 0.25) is 0 Å². The smallest absolute Gasteiger partial charge is 0.159 e. The van der Waals surface area contributed by atoms with E-state index in [0.717, 1.165) is 25.7 Å². The van der Waals surface area contributed by atoms with Gasteiger partial charge in [-0.25, -0.2) is 0 Å². The summed E-state index contributed by atoms with van der Waals surface area (Å²) in [4.78, 5) is 0. The Morgan fingerprint density at radius 3 is 2.25 bits per heavy atom. The van der Waals surface area contributed by atoms with E-state index in [4.69, 9.17) is 10.5 Å². The number of nitrogens with zero attached hydrogens (tertiary/aromatic N) is 2.